The Labute approximate surface area is 127 Å². The van der Waals surface area contributed by atoms with Gasteiger partial charge >= 0.3 is 5.97 Å². The van der Waals surface area contributed by atoms with Crippen molar-refractivity contribution in [2.24, 2.45) is 0 Å². The Morgan fingerprint density at radius 2 is 2.00 bits per heavy atom. The van der Waals surface area contributed by atoms with Crippen LogP contribution in [-0.4, -0.2) is 41.5 Å². The number of carbonyl (C=O) groups is 2. The topological polar surface area (TPSA) is 105 Å². The van der Waals surface area contributed by atoms with E-state index in [0.29, 0.717) is 5.69 Å². The molecule has 0 spiro atoms. The van der Waals surface area contributed by atoms with Crippen LogP contribution in [-0.2, 0) is 26.0 Å². The second kappa shape index (κ2) is 5.80. The number of nitrogens with zero attached hydrogens (tertiary/aromatic N) is 1. The van der Waals surface area contributed by atoms with Gasteiger partial charge in [-0.15, -0.1) is 0 Å². The molecule has 2 N–H and O–H groups in total. The van der Waals surface area contributed by atoms with E-state index in [-0.39, 0.29) is 6.54 Å². The van der Waals surface area contributed by atoms with Crippen LogP contribution in [0.25, 0.3) is 10.9 Å². The van der Waals surface area contributed by atoms with Gasteiger partial charge < -0.3 is 15.0 Å². The van der Waals surface area contributed by atoms with Crippen molar-refractivity contribution < 1.29 is 23.1 Å². The number of fused-ring (bicyclic) bond motifs is 1. The first-order chi connectivity index (χ1) is 10.2. The molecule has 1 aromatic carbocycles. The van der Waals surface area contributed by atoms with Crippen LogP contribution in [0.5, 0.6) is 0 Å². The van der Waals surface area contributed by atoms with Crippen molar-refractivity contribution in [3.8, 4) is 0 Å². The van der Waals surface area contributed by atoms with Gasteiger partial charge in [0.1, 0.15) is 11.8 Å². The number of benzene rings is 1. The zero-order valence-electron chi connectivity index (χ0n) is 12.1. The lowest BCUT2D eigenvalue weighted by atomic mass is 10.2. The molecule has 0 radical (unpaired) electrons. The number of carboxylic acid groups (broad SMARTS) is 1. The summed E-state index contributed by atoms with van der Waals surface area (Å²) in [6, 6.07) is 6.68. The zero-order chi connectivity index (χ0) is 16.5. The highest BCUT2D eigenvalue weighted by atomic mass is 32.2. The van der Waals surface area contributed by atoms with Gasteiger partial charge in [-0.3, -0.25) is 9.59 Å². The van der Waals surface area contributed by atoms with Crippen LogP contribution in [0.3, 0.4) is 0 Å². The van der Waals surface area contributed by atoms with E-state index in [9.17, 15) is 18.0 Å². The summed E-state index contributed by atoms with van der Waals surface area (Å²) in [6.07, 6.45) is 2.65. The summed E-state index contributed by atoms with van der Waals surface area (Å²) in [4.78, 5) is 22.6. The predicted molar refractivity (Wildman–Crippen MR) is 82.5 cm³/mol. The number of sulfone groups is 1. The maximum absolute atomic E-state index is 11.9. The fourth-order valence-electron chi connectivity index (χ4n) is 2.00. The molecule has 2 rings (SSSR count). The molecule has 7 nitrogen and oxygen atoms in total. The molecule has 1 amide bonds. The average molecular weight is 324 g/mol. The number of nitrogens with one attached hydrogen (secondary N) is 1. The minimum absolute atomic E-state index is 0.152. The molecule has 8 heteroatoms. The summed E-state index contributed by atoms with van der Waals surface area (Å²) in [5.74, 6) is -1.55. The standard InChI is InChI=1S/C14H16N2O5S/c1-9(22(2,20)21)14(19)15-11-3-4-12-10(7-11)5-6-16(12)8-13(17)18/h3-7,9H,8H2,1-2H3,(H,15,19)(H,17,18). The van der Waals surface area contributed by atoms with Gasteiger partial charge in [0.05, 0.1) is 0 Å². The Hall–Kier alpha value is -2.35. The lowest BCUT2D eigenvalue weighted by molar-refractivity contribution is -0.137. The molecule has 0 bridgehead atoms. The van der Waals surface area contributed by atoms with E-state index in [2.05, 4.69) is 5.32 Å². The summed E-state index contributed by atoms with van der Waals surface area (Å²) < 4.78 is 24.3. The fraction of sp³-hybridized carbons (Fsp3) is 0.286. The molecule has 1 atom stereocenters. The molecule has 0 aliphatic rings. The van der Waals surface area contributed by atoms with E-state index in [4.69, 9.17) is 5.11 Å². The lowest BCUT2D eigenvalue weighted by Gasteiger charge is -2.10. The molecule has 0 saturated carbocycles. The first-order valence-electron chi connectivity index (χ1n) is 6.49. The normalized spacial score (nSPS) is 13.0. The molecule has 0 aliphatic heterocycles. The van der Waals surface area contributed by atoms with Crippen molar-refractivity contribution in [3.63, 3.8) is 0 Å². The van der Waals surface area contributed by atoms with Gasteiger partial charge in [-0.1, -0.05) is 0 Å². The largest absolute Gasteiger partial charge is 0.480 e. The molecule has 1 unspecified atom stereocenters. The third-order valence-electron chi connectivity index (χ3n) is 3.36. The van der Waals surface area contributed by atoms with Gasteiger partial charge in [0.2, 0.25) is 5.91 Å². The zero-order valence-corrected chi connectivity index (χ0v) is 12.9. The van der Waals surface area contributed by atoms with Gasteiger partial charge in [0.25, 0.3) is 0 Å². The average Bonchev–Trinajstić information content (AvgIpc) is 2.78. The summed E-state index contributed by atoms with van der Waals surface area (Å²) in [5, 5.41) is 11.0. The molecule has 1 heterocycles. The van der Waals surface area contributed by atoms with E-state index in [0.717, 1.165) is 17.2 Å². The van der Waals surface area contributed by atoms with E-state index in [1.807, 2.05) is 0 Å². The summed E-state index contributed by atoms with van der Waals surface area (Å²) in [5.41, 5.74) is 1.18. The second-order valence-electron chi connectivity index (χ2n) is 5.07. The number of anilines is 1. The van der Waals surface area contributed by atoms with E-state index in [1.54, 1.807) is 35.0 Å². The maximum atomic E-state index is 11.9. The number of hydrogen-bond acceptors (Lipinski definition) is 4. The Bertz CT molecular complexity index is 838. The van der Waals surface area contributed by atoms with Crippen LogP contribution in [0, 0.1) is 0 Å². The number of amides is 1. The third kappa shape index (κ3) is 3.45. The summed E-state index contributed by atoms with van der Waals surface area (Å²) in [7, 11) is -3.46. The first-order valence-corrected chi connectivity index (χ1v) is 8.44. The highest BCUT2D eigenvalue weighted by molar-refractivity contribution is 7.92. The number of carboxylic acids is 1. The van der Waals surface area contributed by atoms with Crippen LogP contribution in [0.1, 0.15) is 6.92 Å². The van der Waals surface area contributed by atoms with E-state index >= 15 is 0 Å². The molecule has 0 aliphatic carbocycles. The van der Waals surface area contributed by atoms with Gasteiger partial charge in [0.15, 0.2) is 9.84 Å². The smallest absolute Gasteiger partial charge is 0.323 e. The lowest BCUT2D eigenvalue weighted by Crippen LogP contribution is -2.31. The Balaban J connectivity index is 2.24. The van der Waals surface area contributed by atoms with Crippen molar-refractivity contribution in [2.45, 2.75) is 18.7 Å². The monoisotopic (exact) mass is 324 g/mol. The highest BCUT2D eigenvalue weighted by Gasteiger charge is 2.23. The third-order valence-corrected chi connectivity index (χ3v) is 4.85. The molecular formula is C14H16N2O5S. The molecule has 22 heavy (non-hydrogen) atoms. The number of rotatable bonds is 5. The van der Waals surface area contributed by atoms with Crippen LogP contribution >= 0.6 is 0 Å². The Morgan fingerprint density at radius 1 is 1.32 bits per heavy atom. The summed E-state index contributed by atoms with van der Waals surface area (Å²) in [6.45, 7) is 1.17. The van der Waals surface area contributed by atoms with Crippen LogP contribution in [0.2, 0.25) is 0 Å². The highest BCUT2D eigenvalue weighted by Crippen LogP contribution is 2.21. The quantitative estimate of drug-likeness (QED) is 0.856. The number of carbonyl (C=O) groups excluding carboxylic acids is 1. The SMILES string of the molecule is CC(C(=O)Nc1ccc2c(ccn2CC(=O)O)c1)S(C)(=O)=O. The second-order valence-corrected chi connectivity index (χ2v) is 7.44. The van der Waals surface area contributed by atoms with E-state index < -0.39 is 27.0 Å². The van der Waals surface area contributed by atoms with Gasteiger partial charge in [-0.05, 0) is 31.2 Å². The minimum Gasteiger partial charge on any atom is -0.480 e. The molecule has 1 aromatic heterocycles. The number of hydrogen-bond donors (Lipinski definition) is 2. The first kappa shape index (κ1) is 16.0. The molecular weight excluding hydrogens is 308 g/mol. The van der Waals surface area contributed by atoms with E-state index in [1.165, 1.54) is 6.92 Å². The molecule has 0 fully saturated rings. The molecule has 2 aromatic rings. The fourth-order valence-corrected chi connectivity index (χ4v) is 2.45. The van der Waals surface area contributed by atoms with Crippen molar-refractivity contribution in [3.05, 3.63) is 30.5 Å². The van der Waals surface area contributed by atoms with Crippen molar-refractivity contribution in [1.29, 1.82) is 0 Å². The molecule has 0 saturated heterocycles. The Kier molecular flexibility index (Phi) is 4.23. The maximum Gasteiger partial charge on any atom is 0.323 e. The van der Waals surface area contributed by atoms with Crippen molar-refractivity contribution in [1.82, 2.24) is 4.57 Å². The van der Waals surface area contributed by atoms with Crippen molar-refractivity contribution >= 4 is 38.3 Å². The van der Waals surface area contributed by atoms with Crippen LogP contribution < -0.4 is 5.32 Å². The summed E-state index contributed by atoms with van der Waals surface area (Å²) >= 11 is 0. The van der Waals surface area contributed by atoms with Gasteiger partial charge in [-0.25, -0.2) is 8.42 Å². The van der Waals surface area contributed by atoms with Gasteiger partial charge in [-0.2, -0.15) is 0 Å². The van der Waals surface area contributed by atoms with Crippen LogP contribution in [0.15, 0.2) is 30.5 Å². The van der Waals surface area contributed by atoms with Gasteiger partial charge in [0, 0.05) is 29.0 Å². The predicted octanol–water partition coefficient (Wildman–Crippen LogP) is 1.10. The minimum atomic E-state index is -3.46. The number of aromatic nitrogens is 1. The number of aliphatic carboxylic acids is 1. The van der Waals surface area contributed by atoms with Crippen molar-refractivity contribution in [2.75, 3.05) is 11.6 Å². The Morgan fingerprint density at radius 3 is 2.59 bits per heavy atom. The molecule has 118 valence electrons. The van der Waals surface area contributed by atoms with Crippen LogP contribution in [0.4, 0.5) is 5.69 Å².